The van der Waals surface area contributed by atoms with Gasteiger partial charge < -0.3 is 5.73 Å². The van der Waals surface area contributed by atoms with Crippen molar-refractivity contribution in [1.82, 2.24) is 4.31 Å². The molecule has 1 aromatic rings. The van der Waals surface area contributed by atoms with Crippen LogP contribution in [-0.2, 0) is 16.4 Å². The fourth-order valence-electron chi connectivity index (χ4n) is 2.56. The summed E-state index contributed by atoms with van der Waals surface area (Å²) >= 11 is 6.27. The van der Waals surface area contributed by atoms with E-state index in [0.29, 0.717) is 4.21 Å². The molecule has 20 heavy (non-hydrogen) atoms. The summed E-state index contributed by atoms with van der Waals surface area (Å²) in [4.78, 5) is 1.30. The minimum atomic E-state index is -3.48. The molecule has 0 spiro atoms. The van der Waals surface area contributed by atoms with Gasteiger partial charge in [-0.1, -0.05) is 32.0 Å². The Morgan fingerprint density at radius 2 is 2.10 bits per heavy atom. The molecule has 7 heteroatoms. The first-order chi connectivity index (χ1) is 9.45. The van der Waals surface area contributed by atoms with E-state index in [1.165, 1.54) is 15.6 Å². The molecule has 0 atom stereocenters. The number of nitrogens with two attached hydrogens (primary N) is 1. The molecule has 0 saturated heterocycles. The maximum Gasteiger partial charge on any atom is 0.253 e. The number of aryl methyl sites for hydroxylation is 1. The van der Waals surface area contributed by atoms with E-state index in [1.807, 2.05) is 13.0 Å². The van der Waals surface area contributed by atoms with E-state index in [9.17, 15) is 8.42 Å². The number of nitrogens with zero attached hydrogens (tertiary/aromatic N) is 1. The molecule has 4 nitrogen and oxygen atoms in total. The van der Waals surface area contributed by atoms with Crippen molar-refractivity contribution in [3.8, 4) is 0 Å². The second-order valence-corrected chi connectivity index (χ2v) is 8.84. The summed E-state index contributed by atoms with van der Waals surface area (Å²) in [5.41, 5.74) is 5.60. The van der Waals surface area contributed by atoms with Crippen LogP contribution >= 0.6 is 23.6 Å². The van der Waals surface area contributed by atoms with Crippen molar-refractivity contribution in [2.75, 3.05) is 6.54 Å². The lowest BCUT2D eigenvalue weighted by atomic mass is 10.2. The maximum atomic E-state index is 12.8. The van der Waals surface area contributed by atoms with Gasteiger partial charge >= 0.3 is 0 Å². The fourth-order valence-corrected chi connectivity index (χ4v) is 5.87. The predicted molar refractivity (Wildman–Crippen MR) is 86.6 cm³/mol. The number of hydrogen-bond donors (Lipinski definition) is 1. The molecule has 112 valence electrons. The first kappa shape index (κ1) is 15.9. The lowest BCUT2D eigenvalue weighted by molar-refractivity contribution is 0.356. The maximum absolute atomic E-state index is 12.8. The van der Waals surface area contributed by atoms with E-state index in [0.717, 1.165) is 37.0 Å². The van der Waals surface area contributed by atoms with Gasteiger partial charge in [-0.2, -0.15) is 4.31 Å². The van der Waals surface area contributed by atoms with Crippen LogP contribution in [0.1, 0.15) is 37.5 Å². The molecule has 0 aliphatic heterocycles. The average molecular weight is 333 g/mol. The van der Waals surface area contributed by atoms with Gasteiger partial charge in [0.25, 0.3) is 10.0 Å². The number of hydrogen-bond acceptors (Lipinski definition) is 4. The molecule has 0 unspecified atom stereocenters. The lowest BCUT2D eigenvalue weighted by Gasteiger charge is -2.26. The summed E-state index contributed by atoms with van der Waals surface area (Å²) in [6, 6.07) is 3.61. The van der Waals surface area contributed by atoms with Gasteiger partial charge in [0.1, 0.15) is 4.21 Å². The predicted octanol–water partition coefficient (Wildman–Crippen LogP) is 2.53. The van der Waals surface area contributed by atoms with Crippen LogP contribution < -0.4 is 5.73 Å². The number of sulfonamides is 1. The average Bonchev–Trinajstić information content (AvgIpc) is 3.06. The minimum absolute atomic E-state index is 0.0358. The molecule has 1 heterocycles. The van der Waals surface area contributed by atoms with Crippen molar-refractivity contribution in [3.63, 3.8) is 0 Å². The quantitative estimate of drug-likeness (QED) is 0.813. The summed E-state index contributed by atoms with van der Waals surface area (Å²) < 4.78 is 27.5. The smallest absolute Gasteiger partial charge is 0.253 e. The van der Waals surface area contributed by atoms with Gasteiger partial charge in [-0.05, 0) is 31.4 Å². The number of rotatable bonds is 6. The third kappa shape index (κ3) is 3.39. The number of thiocarbonyl (C=S) groups is 1. The monoisotopic (exact) mass is 332 g/mol. The molecule has 0 aromatic carbocycles. The Labute approximate surface area is 130 Å². The van der Waals surface area contributed by atoms with Crippen molar-refractivity contribution in [1.29, 1.82) is 0 Å². The first-order valence-corrected chi connectivity index (χ1v) is 9.50. The Balaban J connectivity index is 2.32. The highest BCUT2D eigenvalue weighted by Crippen LogP contribution is 2.31. The molecule has 0 bridgehead atoms. The number of thiophene rings is 1. The molecule has 1 aromatic heterocycles. The van der Waals surface area contributed by atoms with E-state index in [2.05, 4.69) is 0 Å². The molecular weight excluding hydrogens is 312 g/mol. The highest BCUT2D eigenvalue weighted by Gasteiger charge is 2.34. The van der Waals surface area contributed by atoms with Crippen LogP contribution in [0, 0.1) is 0 Å². The van der Waals surface area contributed by atoms with Crippen LogP contribution in [-0.4, -0.2) is 30.3 Å². The highest BCUT2D eigenvalue weighted by molar-refractivity contribution is 7.91. The Morgan fingerprint density at radius 1 is 1.45 bits per heavy atom. The Kier molecular flexibility index (Phi) is 5.17. The van der Waals surface area contributed by atoms with E-state index in [1.54, 1.807) is 6.07 Å². The van der Waals surface area contributed by atoms with E-state index in [4.69, 9.17) is 18.0 Å². The summed E-state index contributed by atoms with van der Waals surface area (Å²) in [6.45, 7) is 2.16. The summed E-state index contributed by atoms with van der Waals surface area (Å²) in [6.07, 6.45) is 4.78. The van der Waals surface area contributed by atoms with E-state index in [-0.39, 0.29) is 17.6 Å². The second-order valence-electron chi connectivity index (χ2n) is 5.03. The zero-order valence-electron chi connectivity index (χ0n) is 11.5. The van der Waals surface area contributed by atoms with Gasteiger partial charge in [-0.3, -0.25) is 0 Å². The van der Waals surface area contributed by atoms with Crippen LogP contribution in [0.25, 0.3) is 0 Å². The van der Waals surface area contributed by atoms with Crippen molar-refractivity contribution in [2.24, 2.45) is 5.73 Å². The Morgan fingerprint density at radius 3 is 2.60 bits per heavy atom. The van der Waals surface area contributed by atoms with Gasteiger partial charge in [-0.15, -0.1) is 11.3 Å². The Bertz CT molecular complexity index is 574. The first-order valence-electron chi connectivity index (χ1n) is 6.84. The standard InChI is InChI=1S/C13H20N2O2S3/c1-2-11-7-8-13(19-11)20(16,17)15(9-12(14)18)10-5-3-4-6-10/h7-8,10H,2-6,9H2,1H3,(H2,14,18). The Hall–Kier alpha value is -0.500. The zero-order chi connectivity index (χ0) is 14.8. The molecule has 1 saturated carbocycles. The van der Waals surface area contributed by atoms with Crippen LogP contribution in [0.4, 0.5) is 0 Å². The third-order valence-corrected chi connectivity index (χ3v) is 7.32. The SMILES string of the molecule is CCc1ccc(S(=O)(=O)N(CC(N)=S)C2CCCC2)s1. The molecule has 1 fully saturated rings. The lowest BCUT2D eigenvalue weighted by Crippen LogP contribution is -2.43. The van der Waals surface area contributed by atoms with Crippen LogP contribution in [0.15, 0.2) is 16.3 Å². The molecule has 1 aliphatic carbocycles. The molecular formula is C13H20N2O2S3. The van der Waals surface area contributed by atoms with Crippen LogP contribution in [0.5, 0.6) is 0 Å². The van der Waals surface area contributed by atoms with Gasteiger partial charge in [0.2, 0.25) is 0 Å². The van der Waals surface area contributed by atoms with Crippen molar-refractivity contribution < 1.29 is 8.42 Å². The summed E-state index contributed by atoms with van der Waals surface area (Å²) in [7, 11) is -3.48. The molecule has 0 amide bonds. The van der Waals surface area contributed by atoms with Gasteiger partial charge in [0.15, 0.2) is 0 Å². The summed E-state index contributed by atoms with van der Waals surface area (Å²) in [5, 5.41) is 0. The zero-order valence-corrected chi connectivity index (χ0v) is 14.0. The minimum Gasteiger partial charge on any atom is -0.392 e. The van der Waals surface area contributed by atoms with Crippen LogP contribution in [0.3, 0.4) is 0 Å². The van der Waals surface area contributed by atoms with Crippen molar-refractivity contribution >= 4 is 38.6 Å². The molecule has 2 N–H and O–H groups in total. The van der Waals surface area contributed by atoms with Gasteiger partial charge in [0.05, 0.1) is 11.5 Å². The topological polar surface area (TPSA) is 63.4 Å². The molecule has 0 radical (unpaired) electrons. The molecule has 1 aliphatic rings. The second kappa shape index (κ2) is 6.51. The fraction of sp³-hybridized carbons (Fsp3) is 0.615. The van der Waals surface area contributed by atoms with Gasteiger partial charge in [0, 0.05) is 10.9 Å². The van der Waals surface area contributed by atoms with Crippen LogP contribution in [0.2, 0.25) is 0 Å². The van der Waals surface area contributed by atoms with Crippen molar-refractivity contribution in [3.05, 3.63) is 17.0 Å². The van der Waals surface area contributed by atoms with Gasteiger partial charge in [-0.25, -0.2) is 8.42 Å². The largest absolute Gasteiger partial charge is 0.392 e. The molecule has 2 rings (SSSR count). The van der Waals surface area contributed by atoms with E-state index >= 15 is 0 Å². The highest BCUT2D eigenvalue weighted by atomic mass is 32.2. The van der Waals surface area contributed by atoms with Crippen molar-refractivity contribution in [2.45, 2.75) is 49.3 Å². The normalized spacial score (nSPS) is 16.9. The summed E-state index contributed by atoms with van der Waals surface area (Å²) in [5.74, 6) is 0. The van der Waals surface area contributed by atoms with E-state index < -0.39 is 10.0 Å². The third-order valence-electron chi connectivity index (χ3n) is 3.59.